The molecule has 336 valence electrons. The molecular weight excluding hydrogens is 871 g/mol. The Hall–Kier alpha value is -9.31. The Morgan fingerprint density at radius 2 is 0.792 bits per heavy atom. The van der Waals surface area contributed by atoms with Crippen LogP contribution in [0.25, 0.3) is 61.2 Å². The first-order chi connectivity index (χ1) is 35.7. The van der Waals surface area contributed by atoms with Crippen LogP contribution in [-0.4, -0.2) is 9.55 Å². The Balaban J connectivity index is 0.940. The van der Waals surface area contributed by atoms with E-state index in [1.54, 1.807) is 0 Å². The molecule has 0 fully saturated rings. The van der Waals surface area contributed by atoms with Crippen LogP contribution in [-0.2, 0) is 10.8 Å². The van der Waals surface area contributed by atoms with Gasteiger partial charge in [-0.1, -0.05) is 212 Å². The highest BCUT2D eigenvalue weighted by molar-refractivity contribution is 5.96. The summed E-state index contributed by atoms with van der Waals surface area (Å²) in [5, 5.41) is 0. The van der Waals surface area contributed by atoms with E-state index >= 15 is 0 Å². The number of hydrogen-bond donors (Lipinski definition) is 0. The van der Waals surface area contributed by atoms with Crippen LogP contribution in [0.4, 0.5) is 17.1 Å². The number of aromatic nitrogens is 2. The molecule has 3 nitrogen and oxygen atoms in total. The van der Waals surface area contributed by atoms with Crippen molar-refractivity contribution in [3.05, 3.63) is 318 Å². The smallest absolute Gasteiger partial charge is 0.134 e. The topological polar surface area (TPSA) is 21.1 Å². The van der Waals surface area contributed by atoms with E-state index in [0.717, 1.165) is 45.2 Å². The van der Waals surface area contributed by atoms with Gasteiger partial charge in [-0.15, -0.1) is 0 Å². The minimum absolute atomic E-state index is 0.424. The molecule has 0 saturated carbocycles. The zero-order valence-electron chi connectivity index (χ0n) is 39.3. The van der Waals surface area contributed by atoms with Crippen LogP contribution in [0, 0.1) is 0 Å². The van der Waals surface area contributed by atoms with Crippen molar-refractivity contribution in [1.29, 1.82) is 0 Å². The average Bonchev–Trinajstić information content (AvgIpc) is 4.17. The van der Waals surface area contributed by atoms with Crippen molar-refractivity contribution in [1.82, 2.24) is 9.55 Å². The fourth-order valence-corrected chi connectivity index (χ4v) is 12.9. The van der Waals surface area contributed by atoms with Crippen LogP contribution in [0.3, 0.4) is 0 Å². The number of rotatable bonds is 7. The summed E-state index contributed by atoms with van der Waals surface area (Å²) < 4.78 is 2.40. The van der Waals surface area contributed by atoms with E-state index in [2.05, 4.69) is 282 Å². The molecule has 1 aliphatic heterocycles. The molecule has 0 saturated heterocycles. The van der Waals surface area contributed by atoms with Gasteiger partial charge in [0.1, 0.15) is 11.2 Å². The lowest BCUT2D eigenvalue weighted by Gasteiger charge is -2.32. The van der Waals surface area contributed by atoms with Crippen LogP contribution in [0.1, 0.15) is 44.8 Å². The van der Waals surface area contributed by atoms with Crippen LogP contribution in [0.2, 0.25) is 0 Å². The second-order valence-electron chi connectivity index (χ2n) is 19.4. The Bertz CT molecular complexity index is 3990. The van der Waals surface area contributed by atoms with Crippen molar-refractivity contribution in [2.45, 2.75) is 10.8 Å². The average molecular weight is 916 g/mol. The molecule has 0 radical (unpaired) electrons. The second-order valence-corrected chi connectivity index (χ2v) is 19.4. The van der Waals surface area contributed by atoms with E-state index in [1.807, 2.05) is 0 Å². The highest BCUT2D eigenvalue weighted by Gasteiger charge is 2.52. The van der Waals surface area contributed by atoms with E-state index in [1.165, 1.54) is 77.9 Å². The lowest BCUT2D eigenvalue weighted by Crippen LogP contribution is -2.30. The third-order valence-corrected chi connectivity index (χ3v) is 15.9. The zero-order valence-corrected chi connectivity index (χ0v) is 39.3. The van der Waals surface area contributed by atoms with E-state index in [9.17, 15) is 0 Å². The summed E-state index contributed by atoms with van der Waals surface area (Å²) >= 11 is 0. The molecule has 0 atom stereocenters. The van der Waals surface area contributed by atoms with Gasteiger partial charge in [-0.25, -0.2) is 4.98 Å². The molecule has 0 N–H and O–H groups in total. The predicted octanol–water partition coefficient (Wildman–Crippen LogP) is 16.9. The van der Waals surface area contributed by atoms with Crippen LogP contribution in [0.15, 0.2) is 273 Å². The maximum atomic E-state index is 5.53. The fourth-order valence-electron chi connectivity index (χ4n) is 12.9. The molecule has 12 aromatic rings. The first-order valence-corrected chi connectivity index (χ1v) is 24.9. The Morgan fingerprint density at radius 1 is 0.306 bits per heavy atom. The minimum atomic E-state index is -0.701. The number of benzene rings is 11. The molecule has 11 aromatic carbocycles. The Kier molecular flexibility index (Phi) is 8.79. The number of hydrogen-bond acceptors (Lipinski definition) is 2. The van der Waals surface area contributed by atoms with Gasteiger partial charge in [-0.05, 0) is 139 Å². The van der Waals surface area contributed by atoms with E-state index in [0.29, 0.717) is 0 Å². The van der Waals surface area contributed by atoms with Gasteiger partial charge in [0.25, 0.3) is 0 Å². The summed E-state index contributed by atoms with van der Waals surface area (Å²) in [6.45, 7) is 0. The van der Waals surface area contributed by atoms with Crippen molar-refractivity contribution in [3.8, 4) is 50.2 Å². The van der Waals surface area contributed by atoms with E-state index in [-0.39, 0.29) is 0 Å². The standard InChI is InChI=1S/C69H45N3/c1-4-19-46(20-5-1)47-35-38-52(39-36-47)71(54-40-42-65-63(45-54)68(50-22-6-2-7-23-50,51-24-8-3-9-25-51)67-70-64-33-16-17-34-66(64)72(65)67)53-26-18-21-48(43-53)49-37-41-58-57-29-12-15-32-61(57)69(62(58)44-49)59-30-13-10-27-55(59)56-28-11-14-31-60(56)69/h1-45H. The number of para-hydroxylation sites is 2. The number of imidazole rings is 1. The van der Waals surface area contributed by atoms with Gasteiger partial charge >= 0.3 is 0 Å². The molecule has 0 bridgehead atoms. The van der Waals surface area contributed by atoms with Crippen LogP contribution >= 0.6 is 0 Å². The molecular formula is C69H45N3. The Morgan fingerprint density at radius 3 is 1.44 bits per heavy atom. The normalized spacial score (nSPS) is 13.8. The molecule has 2 aliphatic carbocycles. The van der Waals surface area contributed by atoms with E-state index in [4.69, 9.17) is 4.98 Å². The molecule has 1 aromatic heterocycles. The molecule has 15 rings (SSSR count). The fraction of sp³-hybridized carbons (Fsp3) is 0.0290. The molecule has 3 aliphatic rings. The quantitative estimate of drug-likeness (QED) is 0.159. The lowest BCUT2D eigenvalue weighted by atomic mass is 9.69. The maximum Gasteiger partial charge on any atom is 0.134 e. The SMILES string of the molecule is c1ccc(-c2ccc(N(c3cccc(-c4ccc5c(c4)C4(c6ccccc6-c6ccccc64)c4ccccc4-5)c3)c3ccc4c(c3)C(c3ccccc3)(c3ccccc3)c3nc5ccccc5n3-4)cc2)cc1. The van der Waals surface area contributed by atoms with Crippen molar-refractivity contribution >= 4 is 28.1 Å². The second kappa shape index (κ2) is 15.6. The van der Waals surface area contributed by atoms with Gasteiger partial charge in [0.05, 0.1) is 22.1 Å². The molecule has 3 heteroatoms. The first-order valence-electron chi connectivity index (χ1n) is 24.9. The molecule has 0 amide bonds. The summed E-state index contributed by atoms with van der Waals surface area (Å²) in [6, 6.07) is 101. The summed E-state index contributed by atoms with van der Waals surface area (Å²) in [5.41, 5.74) is 24.1. The monoisotopic (exact) mass is 915 g/mol. The van der Waals surface area contributed by atoms with Crippen molar-refractivity contribution in [3.63, 3.8) is 0 Å². The summed E-state index contributed by atoms with van der Waals surface area (Å²) in [6.07, 6.45) is 0. The first kappa shape index (κ1) is 40.6. The molecule has 1 spiro atoms. The van der Waals surface area contributed by atoms with Crippen molar-refractivity contribution < 1.29 is 0 Å². The van der Waals surface area contributed by atoms with Gasteiger partial charge < -0.3 is 4.90 Å². The Labute approximate surface area is 419 Å². The van der Waals surface area contributed by atoms with E-state index < -0.39 is 10.8 Å². The largest absolute Gasteiger partial charge is 0.310 e. The number of nitrogens with zero attached hydrogens (tertiary/aromatic N) is 3. The summed E-state index contributed by atoms with van der Waals surface area (Å²) in [7, 11) is 0. The zero-order chi connectivity index (χ0) is 47.4. The summed E-state index contributed by atoms with van der Waals surface area (Å²) in [4.78, 5) is 7.96. The molecule has 2 heterocycles. The van der Waals surface area contributed by atoms with Crippen LogP contribution < -0.4 is 4.90 Å². The lowest BCUT2D eigenvalue weighted by molar-refractivity contribution is 0.718. The van der Waals surface area contributed by atoms with Gasteiger partial charge in [-0.2, -0.15) is 0 Å². The highest BCUT2D eigenvalue weighted by atomic mass is 15.2. The minimum Gasteiger partial charge on any atom is -0.310 e. The third-order valence-electron chi connectivity index (χ3n) is 15.9. The summed E-state index contributed by atoms with van der Waals surface area (Å²) in [5.74, 6) is 0.998. The highest BCUT2D eigenvalue weighted by Crippen LogP contribution is 2.63. The van der Waals surface area contributed by atoms with Crippen molar-refractivity contribution in [2.24, 2.45) is 0 Å². The number of anilines is 3. The van der Waals surface area contributed by atoms with Gasteiger partial charge in [0, 0.05) is 22.6 Å². The van der Waals surface area contributed by atoms with Gasteiger partial charge in [0.2, 0.25) is 0 Å². The maximum absolute atomic E-state index is 5.53. The number of fused-ring (bicyclic) bond motifs is 15. The molecule has 72 heavy (non-hydrogen) atoms. The third kappa shape index (κ3) is 5.59. The van der Waals surface area contributed by atoms with Crippen LogP contribution in [0.5, 0.6) is 0 Å². The predicted molar refractivity (Wildman–Crippen MR) is 295 cm³/mol. The van der Waals surface area contributed by atoms with Crippen molar-refractivity contribution in [2.75, 3.05) is 4.90 Å². The van der Waals surface area contributed by atoms with Gasteiger partial charge in [-0.3, -0.25) is 4.57 Å². The van der Waals surface area contributed by atoms with Gasteiger partial charge in [0.15, 0.2) is 0 Å². The molecule has 0 unspecified atom stereocenters.